The first-order chi connectivity index (χ1) is 12.7. The molecule has 6 heteroatoms. The summed E-state index contributed by atoms with van der Waals surface area (Å²) >= 11 is 0. The summed E-state index contributed by atoms with van der Waals surface area (Å²) in [5, 5.41) is 0.786. The summed E-state index contributed by atoms with van der Waals surface area (Å²) in [6.07, 6.45) is 1.01. The Morgan fingerprint density at radius 1 is 0.962 bits per heavy atom. The lowest BCUT2D eigenvalue weighted by Crippen LogP contribution is -2.30. The topological polar surface area (TPSA) is 36.7 Å². The lowest BCUT2D eigenvalue weighted by Gasteiger charge is -2.22. The maximum absolute atomic E-state index is 14.8. The van der Waals surface area contributed by atoms with Crippen molar-refractivity contribution in [1.29, 1.82) is 0 Å². The Kier molecular flexibility index (Phi) is 3.53. The summed E-state index contributed by atoms with van der Waals surface area (Å²) in [5.41, 5.74) is 3.50. The number of nitrogens with zero attached hydrogens (tertiary/aromatic N) is 5. The molecule has 0 amide bonds. The third-order valence-electron chi connectivity index (χ3n) is 5.20. The number of hydrogen-bond donors (Lipinski definition) is 0. The zero-order valence-corrected chi connectivity index (χ0v) is 14.7. The van der Waals surface area contributed by atoms with Crippen LogP contribution in [-0.4, -0.2) is 52.5 Å². The highest BCUT2D eigenvalue weighted by Crippen LogP contribution is 2.27. The normalized spacial score (nSPS) is 16.6. The Hall–Kier alpha value is -2.73. The summed E-state index contributed by atoms with van der Waals surface area (Å²) in [6, 6.07) is 13.4. The van der Waals surface area contributed by atoms with Crippen LogP contribution in [0.4, 0.5) is 10.2 Å². The van der Waals surface area contributed by atoms with Crippen molar-refractivity contribution in [2.75, 3.05) is 38.1 Å². The Labute approximate surface area is 150 Å². The number of likely N-dealkylation sites (N-methyl/N-ethyl adjacent to an activating group) is 1. The van der Waals surface area contributed by atoms with Gasteiger partial charge in [0, 0.05) is 25.0 Å². The summed E-state index contributed by atoms with van der Waals surface area (Å²) in [4.78, 5) is 13.8. The van der Waals surface area contributed by atoms with E-state index in [9.17, 15) is 4.39 Å². The van der Waals surface area contributed by atoms with Crippen molar-refractivity contribution in [1.82, 2.24) is 19.3 Å². The molecule has 1 aromatic carbocycles. The molecule has 0 aliphatic carbocycles. The fourth-order valence-electron chi connectivity index (χ4n) is 3.81. The van der Waals surface area contributed by atoms with E-state index in [0.717, 1.165) is 60.3 Å². The number of para-hydroxylation sites is 2. The van der Waals surface area contributed by atoms with Gasteiger partial charge in [-0.2, -0.15) is 0 Å². The van der Waals surface area contributed by atoms with Crippen molar-refractivity contribution in [3.05, 3.63) is 48.3 Å². The van der Waals surface area contributed by atoms with Crippen molar-refractivity contribution in [2.24, 2.45) is 0 Å². The third kappa shape index (κ3) is 2.41. The van der Waals surface area contributed by atoms with E-state index in [1.54, 1.807) is 6.07 Å². The smallest absolute Gasteiger partial charge is 0.167 e. The Morgan fingerprint density at radius 3 is 2.77 bits per heavy atom. The van der Waals surface area contributed by atoms with Gasteiger partial charge in [0.15, 0.2) is 11.6 Å². The minimum Gasteiger partial charge on any atom is -0.353 e. The van der Waals surface area contributed by atoms with Crippen LogP contribution in [0.2, 0.25) is 0 Å². The van der Waals surface area contributed by atoms with Crippen molar-refractivity contribution < 1.29 is 4.39 Å². The maximum Gasteiger partial charge on any atom is 0.167 e. The molecule has 1 aliphatic rings. The highest BCUT2D eigenvalue weighted by atomic mass is 19.1. The largest absolute Gasteiger partial charge is 0.353 e. The first-order valence-electron chi connectivity index (χ1n) is 9.01. The number of imidazole rings is 1. The summed E-state index contributed by atoms with van der Waals surface area (Å²) in [6.45, 7) is 3.55. The van der Waals surface area contributed by atoms with Gasteiger partial charge in [0.1, 0.15) is 11.3 Å². The summed E-state index contributed by atoms with van der Waals surface area (Å²) in [5.74, 6) is 0.184. The maximum atomic E-state index is 14.8. The predicted molar refractivity (Wildman–Crippen MR) is 102 cm³/mol. The first-order valence-corrected chi connectivity index (χ1v) is 9.01. The molecule has 5 rings (SSSR count). The van der Waals surface area contributed by atoms with Crippen LogP contribution < -0.4 is 4.90 Å². The van der Waals surface area contributed by atoms with E-state index in [4.69, 9.17) is 4.98 Å². The number of benzene rings is 1. The van der Waals surface area contributed by atoms with Gasteiger partial charge in [0.05, 0.1) is 11.0 Å². The quantitative estimate of drug-likeness (QED) is 0.528. The number of fused-ring (bicyclic) bond motifs is 5. The molecular weight excluding hydrogens is 329 g/mol. The highest BCUT2D eigenvalue weighted by molar-refractivity contribution is 5.89. The Bertz CT molecular complexity index is 1120. The van der Waals surface area contributed by atoms with Gasteiger partial charge in [-0.05, 0) is 50.3 Å². The monoisotopic (exact) mass is 349 g/mol. The predicted octanol–water partition coefficient (Wildman–Crippen LogP) is 3.32. The van der Waals surface area contributed by atoms with Crippen molar-refractivity contribution in [2.45, 2.75) is 6.42 Å². The van der Waals surface area contributed by atoms with Gasteiger partial charge in [-0.25, -0.2) is 14.4 Å². The van der Waals surface area contributed by atoms with Gasteiger partial charge in [-0.3, -0.25) is 4.40 Å². The molecule has 1 fully saturated rings. The fourth-order valence-corrected chi connectivity index (χ4v) is 3.81. The average Bonchev–Trinajstić information content (AvgIpc) is 2.89. The van der Waals surface area contributed by atoms with Crippen LogP contribution in [0.15, 0.2) is 42.5 Å². The zero-order valence-electron chi connectivity index (χ0n) is 14.7. The number of pyridine rings is 2. The van der Waals surface area contributed by atoms with E-state index in [0.29, 0.717) is 5.82 Å². The Balaban J connectivity index is 1.75. The highest BCUT2D eigenvalue weighted by Gasteiger charge is 2.19. The standard InChI is InChI=1S/C20H20FN5/c1-24-9-4-10-25(12-11-24)20-15(21)13-14-7-8-18-22-16-5-2-3-6-17(16)26(18)19(14)23-20/h2-3,5-8,13H,4,9-12H2,1H3. The number of aromatic nitrogens is 3. The zero-order chi connectivity index (χ0) is 17.7. The van der Waals surface area contributed by atoms with Crippen LogP contribution in [-0.2, 0) is 0 Å². The molecule has 0 N–H and O–H groups in total. The molecule has 5 nitrogen and oxygen atoms in total. The molecular formula is C20H20FN5. The van der Waals surface area contributed by atoms with Crippen LogP contribution >= 0.6 is 0 Å². The SMILES string of the molecule is CN1CCCN(c2nc3c(ccc4nc5ccccc5n43)cc2F)CC1. The van der Waals surface area contributed by atoms with E-state index in [1.807, 2.05) is 40.8 Å². The van der Waals surface area contributed by atoms with Crippen molar-refractivity contribution in [3.8, 4) is 0 Å². The molecule has 0 spiro atoms. The fraction of sp³-hybridized carbons (Fsp3) is 0.300. The minimum atomic E-state index is -0.258. The van der Waals surface area contributed by atoms with E-state index in [1.165, 1.54) is 0 Å². The molecule has 0 unspecified atom stereocenters. The lowest BCUT2D eigenvalue weighted by atomic mass is 10.2. The van der Waals surface area contributed by atoms with Gasteiger partial charge in [0.2, 0.25) is 0 Å². The van der Waals surface area contributed by atoms with E-state index >= 15 is 0 Å². The summed E-state index contributed by atoms with van der Waals surface area (Å²) in [7, 11) is 2.11. The molecule has 1 aliphatic heterocycles. The van der Waals surface area contributed by atoms with Crippen molar-refractivity contribution in [3.63, 3.8) is 0 Å². The molecule has 0 bridgehead atoms. The van der Waals surface area contributed by atoms with Gasteiger partial charge in [0.25, 0.3) is 0 Å². The second-order valence-electron chi connectivity index (χ2n) is 6.98. The van der Waals surface area contributed by atoms with E-state index in [2.05, 4.69) is 21.8 Å². The number of hydrogen-bond acceptors (Lipinski definition) is 4. The molecule has 1 saturated heterocycles. The second kappa shape index (κ2) is 5.92. The molecule has 0 saturated carbocycles. The summed E-state index contributed by atoms with van der Waals surface area (Å²) < 4.78 is 16.9. The van der Waals surface area contributed by atoms with Crippen LogP contribution in [0, 0.1) is 5.82 Å². The number of halogens is 1. The van der Waals surface area contributed by atoms with E-state index in [-0.39, 0.29) is 5.82 Å². The number of anilines is 1. The van der Waals surface area contributed by atoms with Gasteiger partial charge in [-0.1, -0.05) is 12.1 Å². The molecule has 132 valence electrons. The molecule has 0 atom stereocenters. The second-order valence-corrected chi connectivity index (χ2v) is 6.98. The minimum absolute atomic E-state index is 0.258. The van der Waals surface area contributed by atoms with Crippen LogP contribution in [0.5, 0.6) is 0 Å². The van der Waals surface area contributed by atoms with Gasteiger partial charge >= 0.3 is 0 Å². The molecule has 0 radical (unpaired) electrons. The van der Waals surface area contributed by atoms with Crippen molar-refractivity contribution >= 4 is 33.5 Å². The third-order valence-corrected chi connectivity index (χ3v) is 5.20. The van der Waals surface area contributed by atoms with E-state index < -0.39 is 0 Å². The first kappa shape index (κ1) is 15.5. The van der Waals surface area contributed by atoms with Gasteiger partial charge in [-0.15, -0.1) is 0 Å². The Morgan fingerprint density at radius 2 is 1.85 bits per heavy atom. The van der Waals surface area contributed by atoms with Crippen LogP contribution in [0.25, 0.3) is 27.7 Å². The van der Waals surface area contributed by atoms with Gasteiger partial charge < -0.3 is 9.80 Å². The molecule has 4 heterocycles. The molecule has 3 aromatic heterocycles. The van der Waals surface area contributed by atoms with Crippen LogP contribution in [0.1, 0.15) is 6.42 Å². The number of rotatable bonds is 1. The van der Waals surface area contributed by atoms with Crippen LogP contribution in [0.3, 0.4) is 0 Å². The molecule has 4 aromatic rings. The molecule has 26 heavy (non-hydrogen) atoms. The average molecular weight is 349 g/mol. The lowest BCUT2D eigenvalue weighted by molar-refractivity contribution is 0.360.